The number of hydrogen-bond acceptors (Lipinski definition) is 4. The average molecular weight is 317 g/mol. The molecule has 2 aromatic rings. The van der Waals surface area contributed by atoms with Gasteiger partial charge < -0.3 is 10.6 Å². The Morgan fingerprint density at radius 2 is 2.00 bits per heavy atom. The summed E-state index contributed by atoms with van der Waals surface area (Å²) < 4.78 is 0. The Morgan fingerprint density at radius 1 is 1.23 bits per heavy atom. The topological polar surface area (TPSA) is 59.2 Å². The minimum atomic E-state index is 0.0613. The number of benzene rings is 1. The summed E-state index contributed by atoms with van der Waals surface area (Å²) in [4.78, 5) is 18.5. The minimum Gasteiger partial charge on any atom is -0.330 e. The number of nitrogens with zero attached hydrogens (tertiary/aromatic N) is 2. The van der Waals surface area contributed by atoms with Gasteiger partial charge in [0.25, 0.3) is 0 Å². The third-order valence-corrected chi connectivity index (χ3v) is 4.50. The summed E-state index contributed by atoms with van der Waals surface area (Å²) in [6.07, 6.45) is 4.65. The molecule has 1 aromatic carbocycles. The Balaban J connectivity index is 1.85. The minimum absolute atomic E-state index is 0.0613. The molecule has 22 heavy (non-hydrogen) atoms. The lowest BCUT2D eigenvalue weighted by Crippen LogP contribution is -2.27. The molecule has 0 saturated carbocycles. The van der Waals surface area contributed by atoms with Crippen molar-refractivity contribution in [2.75, 3.05) is 18.5 Å². The maximum Gasteiger partial charge on any atom is 0.232 e. The molecule has 1 aromatic heterocycles. The SMILES string of the molecule is CN(C(=O)Cc1csc(CCCCCN)n1)c1ccccc1. The summed E-state index contributed by atoms with van der Waals surface area (Å²) in [5, 5.41) is 3.11. The molecular weight excluding hydrogens is 294 g/mol. The summed E-state index contributed by atoms with van der Waals surface area (Å²) in [6.45, 7) is 0.753. The van der Waals surface area contributed by atoms with Crippen molar-refractivity contribution in [1.82, 2.24) is 4.98 Å². The van der Waals surface area contributed by atoms with Crippen LogP contribution in [0.1, 0.15) is 30.0 Å². The fourth-order valence-corrected chi connectivity index (χ4v) is 3.05. The van der Waals surface area contributed by atoms with E-state index in [-0.39, 0.29) is 5.91 Å². The van der Waals surface area contributed by atoms with Crippen LogP contribution in [0, 0.1) is 0 Å². The van der Waals surface area contributed by atoms with Crippen LogP contribution in [0.2, 0.25) is 0 Å². The van der Waals surface area contributed by atoms with Crippen LogP contribution < -0.4 is 10.6 Å². The van der Waals surface area contributed by atoms with E-state index >= 15 is 0 Å². The van der Waals surface area contributed by atoms with E-state index in [1.807, 2.05) is 35.7 Å². The summed E-state index contributed by atoms with van der Waals surface area (Å²) in [5.74, 6) is 0.0613. The van der Waals surface area contributed by atoms with Crippen molar-refractivity contribution in [3.8, 4) is 0 Å². The van der Waals surface area contributed by atoms with Crippen molar-refractivity contribution in [3.63, 3.8) is 0 Å². The molecule has 0 spiro atoms. The zero-order valence-corrected chi connectivity index (χ0v) is 13.8. The molecule has 4 nitrogen and oxygen atoms in total. The number of hydrogen-bond donors (Lipinski definition) is 1. The highest BCUT2D eigenvalue weighted by molar-refractivity contribution is 7.09. The fourth-order valence-electron chi connectivity index (χ4n) is 2.21. The molecule has 1 heterocycles. The molecule has 1 amide bonds. The summed E-state index contributed by atoms with van der Waals surface area (Å²) >= 11 is 1.64. The Bertz CT molecular complexity index is 583. The van der Waals surface area contributed by atoms with Crippen LogP contribution in [0.3, 0.4) is 0 Å². The molecule has 118 valence electrons. The molecule has 2 N–H and O–H groups in total. The van der Waals surface area contributed by atoms with Crippen LogP contribution in [0.4, 0.5) is 5.69 Å². The Labute approximate surface area is 136 Å². The molecule has 0 radical (unpaired) electrons. The first kappa shape index (κ1) is 16.6. The first-order chi connectivity index (χ1) is 10.7. The molecule has 0 aliphatic carbocycles. The van der Waals surface area contributed by atoms with Crippen molar-refractivity contribution in [3.05, 3.63) is 46.4 Å². The second-order valence-corrected chi connectivity index (χ2v) is 6.24. The Kier molecular flexibility index (Phi) is 6.55. The number of para-hydroxylation sites is 1. The molecule has 0 atom stereocenters. The molecule has 0 aliphatic heterocycles. The highest BCUT2D eigenvalue weighted by Gasteiger charge is 2.13. The number of amides is 1. The Morgan fingerprint density at radius 3 is 2.73 bits per heavy atom. The van der Waals surface area contributed by atoms with Gasteiger partial charge in [0.2, 0.25) is 5.91 Å². The van der Waals surface area contributed by atoms with Gasteiger partial charge in [0.05, 0.1) is 17.1 Å². The van der Waals surface area contributed by atoms with Crippen LogP contribution in [-0.2, 0) is 17.6 Å². The van der Waals surface area contributed by atoms with Crippen molar-refractivity contribution in [2.45, 2.75) is 32.1 Å². The van der Waals surface area contributed by atoms with Crippen LogP contribution in [0.15, 0.2) is 35.7 Å². The molecule has 2 rings (SSSR count). The molecular formula is C17H23N3OS. The maximum atomic E-state index is 12.3. The summed E-state index contributed by atoms with van der Waals surface area (Å²) in [6, 6.07) is 9.67. The van der Waals surface area contributed by atoms with Gasteiger partial charge in [-0.05, 0) is 37.9 Å². The predicted molar refractivity (Wildman–Crippen MR) is 92.3 cm³/mol. The zero-order valence-electron chi connectivity index (χ0n) is 13.0. The predicted octanol–water partition coefficient (Wildman–Crippen LogP) is 3.02. The lowest BCUT2D eigenvalue weighted by molar-refractivity contribution is -0.117. The number of likely N-dealkylation sites (N-methyl/N-ethyl adjacent to an activating group) is 1. The smallest absolute Gasteiger partial charge is 0.232 e. The van der Waals surface area contributed by atoms with Gasteiger partial charge in [-0.3, -0.25) is 4.79 Å². The highest BCUT2D eigenvalue weighted by atomic mass is 32.1. The van der Waals surface area contributed by atoms with Gasteiger partial charge in [-0.1, -0.05) is 24.6 Å². The first-order valence-electron chi connectivity index (χ1n) is 7.65. The molecule has 0 fully saturated rings. The van der Waals surface area contributed by atoms with E-state index in [4.69, 9.17) is 5.73 Å². The van der Waals surface area contributed by atoms with Crippen LogP contribution in [0.25, 0.3) is 0 Å². The number of aromatic nitrogens is 1. The van der Waals surface area contributed by atoms with Gasteiger partial charge in [0, 0.05) is 18.1 Å². The van der Waals surface area contributed by atoms with Gasteiger partial charge >= 0.3 is 0 Å². The molecule has 0 unspecified atom stereocenters. The molecule has 0 bridgehead atoms. The molecule has 0 saturated heterocycles. The highest BCUT2D eigenvalue weighted by Crippen LogP contribution is 2.16. The standard InChI is InChI=1S/C17H23N3OS/c1-20(15-8-4-2-5-9-15)17(21)12-14-13-22-16(19-14)10-6-3-7-11-18/h2,4-5,8-9,13H,3,6-7,10-12,18H2,1H3. The van der Waals surface area contributed by atoms with E-state index in [1.54, 1.807) is 23.3 Å². The van der Waals surface area contributed by atoms with Crippen molar-refractivity contribution in [2.24, 2.45) is 5.73 Å². The lowest BCUT2D eigenvalue weighted by atomic mass is 10.2. The number of carbonyl (C=O) groups excluding carboxylic acids is 1. The van der Waals surface area contributed by atoms with Gasteiger partial charge in [0.1, 0.15) is 0 Å². The third kappa shape index (κ3) is 4.93. The van der Waals surface area contributed by atoms with E-state index in [9.17, 15) is 4.79 Å². The van der Waals surface area contributed by atoms with Gasteiger partial charge in [-0.25, -0.2) is 4.98 Å². The van der Waals surface area contributed by atoms with Gasteiger partial charge in [0.15, 0.2) is 0 Å². The number of rotatable bonds is 8. The van der Waals surface area contributed by atoms with Crippen molar-refractivity contribution < 1.29 is 4.79 Å². The first-order valence-corrected chi connectivity index (χ1v) is 8.53. The van der Waals surface area contributed by atoms with Crippen LogP contribution >= 0.6 is 11.3 Å². The lowest BCUT2D eigenvalue weighted by Gasteiger charge is -2.16. The van der Waals surface area contributed by atoms with Crippen molar-refractivity contribution in [1.29, 1.82) is 0 Å². The van der Waals surface area contributed by atoms with Crippen LogP contribution in [0.5, 0.6) is 0 Å². The quantitative estimate of drug-likeness (QED) is 0.761. The van der Waals surface area contributed by atoms with Gasteiger partial charge in [-0.15, -0.1) is 11.3 Å². The zero-order chi connectivity index (χ0) is 15.8. The number of thiazole rings is 1. The summed E-state index contributed by atoms with van der Waals surface area (Å²) in [5.41, 5.74) is 7.26. The molecule has 0 aliphatic rings. The van der Waals surface area contributed by atoms with E-state index in [0.29, 0.717) is 6.42 Å². The second-order valence-electron chi connectivity index (χ2n) is 5.30. The number of unbranched alkanes of at least 4 members (excludes halogenated alkanes) is 2. The van der Waals surface area contributed by atoms with E-state index in [0.717, 1.165) is 48.6 Å². The normalized spacial score (nSPS) is 10.6. The van der Waals surface area contributed by atoms with E-state index in [2.05, 4.69) is 4.98 Å². The third-order valence-electron chi connectivity index (χ3n) is 3.54. The van der Waals surface area contributed by atoms with E-state index < -0.39 is 0 Å². The fraction of sp³-hybridized carbons (Fsp3) is 0.412. The largest absolute Gasteiger partial charge is 0.330 e. The number of carbonyl (C=O) groups is 1. The number of nitrogens with two attached hydrogens (primary N) is 1. The van der Waals surface area contributed by atoms with E-state index in [1.165, 1.54) is 0 Å². The molecule has 5 heteroatoms. The van der Waals surface area contributed by atoms with Gasteiger partial charge in [-0.2, -0.15) is 0 Å². The van der Waals surface area contributed by atoms with Crippen molar-refractivity contribution >= 4 is 22.9 Å². The second kappa shape index (κ2) is 8.66. The monoisotopic (exact) mass is 317 g/mol. The van der Waals surface area contributed by atoms with Crippen LogP contribution in [-0.4, -0.2) is 24.5 Å². The Hall–Kier alpha value is -1.72. The number of aryl methyl sites for hydroxylation is 1. The maximum absolute atomic E-state index is 12.3. The average Bonchev–Trinajstić information content (AvgIpc) is 2.99. The number of anilines is 1. The summed E-state index contributed by atoms with van der Waals surface area (Å²) in [7, 11) is 1.80.